The molecule has 0 spiro atoms. The van der Waals surface area contributed by atoms with Crippen molar-refractivity contribution in [3.05, 3.63) is 23.0 Å². The van der Waals surface area contributed by atoms with Gasteiger partial charge >= 0.3 is 26.4 Å². The Labute approximate surface area is 200 Å². The molecular formula is C20H36F10O3S2. The lowest BCUT2D eigenvalue weighted by molar-refractivity contribution is -0.137. The number of hydrogen-bond donors (Lipinski definition) is 2. The fourth-order valence-corrected chi connectivity index (χ4v) is 3.65. The molecule has 0 aliphatic rings. The van der Waals surface area contributed by atoms with Crippen LogP contribution in [0.25, 0.3) is 0 Å². The normalized spacial score (nSPS) is 16.8. The molecule has 0 heterocycles. The lowest BCUT2D eigenvalue weighted by atomic mass is 10.1. The van der Waals surface area contributed by atoms with E-state index in [4.69, 9.17) is 10.2 Å². The van der Waals surface area contributed by atoms with E-state index in [1.54, 1.807) is 0 Å². The largest absolute Gasteiger partial charge is 0.481 e. The molecule has 0 fully saturated rings. The minimum atomic E-state index is -9.38. The topological polar surface area (TPSA) is 57.5 Å². The van der Waals surface area contributed by atoms with E-state index >= 15 is 0 Å². The van der Waals surface area contributed by atoms with Crippen molar-refractivity contribution in [2.45, 2.75) is 89.9 Å². The SMILES string of the molecule is O=C(O)CCCCCCC/C=C/S(F)(F)(F)(F)F.OCCCCCCCC/C=C/S(F)(F)(F)(F)F. The molecule has 0 amide bonds. The maximum Gasteiger partial charge on any atom is 0.304 e. The van der Waals surface area contributed by atoms with Crippen LogP contribution >= 0.6 is 20.4 Å². The molecule has 0 radical (unpaired) electrons. The number of carboxylic acids is 1. The number of rotatable bonds is 18. The second-order valence-electron chi connectivity index (χ2n) is 8.13. The molecule has 0 aromatic heterocycles. The van der Waals surface area contributed by atoms with Crippen molar-refractivity contribution >= 4 is 26.4 Å². The molecule has 0 atom stereocenters. The lowest BCUT2D eigenvalue weighted by Crippen LogP contribution is -1.99. The van der Waals surface area contributed by atoms with Gasteiger partial charge in [0.2, 0.25) is 0 Å². The second kappa shape index (κ2) is 12.9. The maximum atomic E-state index is 11.8. The Morgan fingerprint density at radius 3 is 1.17 bits per heavy atom. The van der Waals surface area contributed by atoms with Crippen molar-refractivity contribution < 1.29 is 53.9 Å². The monoisotopic (exact) mass is 578 g/mol. The predicted octanol–water partition coefficient (Wildman–Crippen LogP) is 11.1. The van der Waals surface area contributed by atoms with Crippen LogP contribution in [0.1, 0.15) is 89.9 Å². The van der Waals surface area contributed by atoms with Gasteiger partial charge < -0.3 is 10.2 Å². The highest BCUT2D eigenvalue weighted by atomic mass is 32.5. The number of hydrogen-bond acceptors (Lipinski definition) is 2. The van der Waals surface area contributed by atoms with Gasteiger partial charge in [-0.1, -0.05) is 96.0 Å². The summed E-state index contributed by atoms with van der Waals surface area (Å²) in [6.07, 6.45) is 8.46. The molecule has 35 heavy (non-hydrogen) atoms. The predicted molar refractivity (Wildman–Crippen MR) is 124 cm³/mol. The molecule has 0 aliphatic carbocycles. The van der Waals surface area contributed by atoms with Gasteiger partial charge in [0.15, 0.2) is 0 Å². The van der Waals surface area contributed by atoms with Crippen molar-refractivity contribution in [2.75, 3.05) is 6.61 Å². The van der Waals surface area contributed by atoms with E-state index < -0.39 is 37.2 Å². The number of carboxylic acid groups (broad SMARTS) is 1. The summed E-state index contributed by atoms with van der Waals surface area (Å²) in [7, 11) is -18.7. The average Bonchev–Trinajstić information content (AvgIpc) is 2.62. The van der Waals surface area contributed by atoms with Crippen LogP contribution in [0, 0.1) is 0 Å². The Hall–Kier alpha value is -1.09. The maximum absolute atomic E-state index is 11.8. The van der Waals surface area contributed by atoms with E-state index in [9.17, 15) is 43.7 Å². The molecule has 0 aromatic carbocycles. The summed E-state index contributed by atoms with van der Waals surface area (Å²) < 4.78 is 118. The summed E-state index contributed by atoms with van der Waals surface area (Å²) in [6, 6.07) is 0. The summed E-state index contributed by atoms with van der Waals surface area (Å²) >= 11 is 0. The highest BCUT2D eigenvalue weighted by Gasteiger charge is 2.61. The van der Waals surface area contributed by atoms with Gasteiger partial charge in [0.05, 0.1) is 10.8 Å². The zero-order chi connectivity index (χ0) is 27.8. The van der Waals surface area contributed by atoms with Crippen molar-refractivity contribution in [1.29, 1.82) is 0 Å². The van der Waals surface area contributed by atoms with Gasteiger partial charge in [0.1, 0.15) is 0 Å². The minimum absolute atomic E-state index is 0.0194. The zero-order valence-corrected chi connectivity index (χ0v) is 20.9. The summed E-state index contributed by atoms with van der Waals surface area (Å²) in [5, 5.41) is 15.0. The molecule has 0 saturated carbocycles. The first kappa shape index (κ1) is 36.1. The Morgan fingerprint density at radius 1 is 0.543 bits per heavy atom. The van der Waals surface area contributed by atoms with Crippen LogP contribution in [0.4, 0.5) is 38.9 Å². The number of carbonyl (C=O) groups is 1. The van der Waals surface area contributed by atoms with Crippen molar-refractivity contribution in [2.24, 2.45) is 0 Å². The summed E-state index contributed by atoms with van der Waals surface area (Å²) in [5.41, 5.74) is 0. The Balaban J connectivity index is 0. The van der Waals surface area contributed by atoms with E-state index in [-0.39, 0.29) is 25.9 Å². The van der Waals surface area contributed by atoms with Crippen LogP contribution in [0.3, 0.4) is 0 Å². The third kappa shape index (κ3) is 40.4. The molecule has 0 bridgehead atoms. The van der Waals surface area contributed by atoms with Crippen LogP contribution in [0.15, 0.2) is 23.0 Å². The van der Waals surface area contributed by atoms with E-state index in [1.165, 1.54) is 0 Å². The van der Waals surface area contributed by atoms with E-state index in [1.807, 2.05) is 0 Å². The molecule has 216 valence electrons. The smallest absolute Gasteiger partial charge is 0.304 e. The van der Waals surface area contributed by atoms with E-state index in [2.05, 4.69) is 0 Å². The molecule has 2 N–H and O–H groups in total. The van der Waals surface area contributed by atoms with E-state index in [0.29, 0.717) is 50.7 Å². The summed E-state index contributed by atoms with van der Waals surface area (Å²) in [6.45, 7) is 0.145. The van der Waals surface area contributed by atoms with Crippen molar-refractivity contribution in [1.82, 2.24) is 0 Å². The van der Waals surface area contributed by atoms with Gasteiger partial charge in [-0.05, 0) is 38.5 Å². The van der Waals surface area contributed by atoms with Crippen LogP contribution in [-0.4, -0.2) is 22.8 Å². The van der Waals surface area contributed by atoms with Crippen LogP contribution in [0.2, 0.25) is 0 Å². The number of aliphatic hydroxyl groups is 1. The van der Waals surface area contributed by atoms with Crippen LogP contribution in [0.5, 0.6) is 0 Å². The van der Waals surface area contributed by atoms with E-state index in [0.717, 1.165) is 32.1 Å². The first-order chi connectivity index (χ1) is 15.4. The van der Waals surface area contributed by atoms with Gasteiger partial charge in [-0.25, -0.2) is 0 Å². The molecule has 15 heteroatoms. The quantitative estimate of drug-likeness (QED) is 0.126. The van der Waals surface area contributed by atoms with Gasteiger partial charge in [0, 0.05) is 13.0 Å². The lowest BCUT2D eigenvalue weighted by Gasteiger charge is -2.36. The average molecular weight is 579 g/mol. The highest BCUT2D eigenvalue weighted by Crippen LogP contribution is 2.99. The Kier molecular flexibility index (Phi) is 13.3. The summed E-state index contributed by atoms with van der Waals surface area (Å²) in [4.78, 5) is 10.1. The van der Waals surface area contributed by atoms with Gasteiger partial charge in [-0.15, -0.1) is 0 Å². The molecule has 0 saturated heterocycles. The number of halogens is 10. The molecule has 0 unspecified atom stereocenters. The Bertz CT molecular complexity index is 675. The molecule has 0 rings (SSSR count). The van der Waals surface area contributed by atoms with Crippen molar-refractivity contribution in [3.8, 4) is 0 Å². The molecule has 3 nitrogen and oxygen atoms in total. The van der Waals surface area contributed by atoms with Gasteiger partial charge in [-0.2, -0.15) is 0 Å². The fraction of sp³-hybridized carbons (Fsp3) is 0.750. The molecule has 0 aliphatic heterocycles. The Morgan fingerprint density at radius 2 is 0.857 bits per heavy atom. The van der Waals surface area contributed by atoms with Crippen molar-refractivity contribution in [3.63, 3.8) is 0 Å². The fourth-order valence-electron chi connectivity index (χ4n) is 2.65. The number of unbranched alkanes of at least 4 members (excludes halogenated alkanes) is 11. The third-order valence-electron chi connectivity index (χ3n) is 4.25. The zero-order valence-electron chi connectivity index (χ0n) is 19.3. The second-order valence-corrected chi connectivity index (χ2v) is 12.8. The van der Waals surface area contributed by atoms with Gasteiger partial charge in [-0.3, -0.25) is 4.79 Å². The standard InChI is InChI=1S/C10H17F5O2S.C10H19F5OS/c11-18(12,13,14,15)9-7-5-3-1-2-4-6-8-10(16)17;11-17(12,13,14,15)10-8-6-4-2-1-3-5-7-9-16/h7,9H,1-6,8H2,(H,16,17);8,10,16H,1-7,9H2/b9-7+;10-8+. The number of aliphatic hydroxyl groups excluding tert-OH is 1. The third-order valence-corrected chi connectivity index (χ3v) is 5.66. The first-order valence-corrected chi connectivity index (χ1v) is 15.1. The summed E-state index contributed by atoms with van der Waals surface area (Å²) in [5.74, 6) is -0.881. The van der Waals surface area contributed by atoms with Crippen LogP contribution in [-0.2, 0) is 4.79 Å². The molecular weight excluding hydrogens is 542 g/mol. The van der Waals surface area contributed by atoms with Crippen LogP contribution < -0.4 is 0 Å². The first-order valence-electron chi connectivity index (χ1n) is 11.1. The number of allylic oxidation sites excluding steroid dienone is 2. The highest BCUT2D eigenvalue weighted by molar-refractivity contribution is 8.48. The van der Waals surface area contributed by atoms with Gasteiger partial charge in [0.25, 0.3) is 0 Å². The number of aliphatic carboxylic acids is 1. The molecule has 0 aromatic rings. The minimum Gasteiger partial charge on any atom is -0.481 e.